The Kier molecular flexibility index (Phi) is 3.71. The fourth-order valence-corrected chi connectivity index (χ4v) is 3.73. The average molecular weight is 356 g/mol. The van der Waals surface area contributed by atoms with Crippen LogP contribution in [0.15, 0.2) is 36.4 Å². The molecule has 0 spiro atoms. The van der Waals surface area contributed by atoms with E-state index >= 15 is 0 Å². The number of nitrogens with one attached hydrogen (secondary N) is 1. The number of hydrogen-bond donors (Lipinski definition) is 2. The fourth-order valence-electron chi connectivity index (χ4n) is 3.53. The van der Waals surface area contributed by atoms with Gasteiger partial charge in [0.1, 0.15) is 0 Å². The van der Waals surface area contributed by atoms with Gasteiger partial charge in [-0.3, -0.25) is 9.59 Å². The zero-order valence-corrected chi connectivity index (χ0v) is 14.6. The van der Waals surface area contributed by atoms with E-state index < -0.39 is 11.5 Å². The van der Waals surface area contributed by atoms with Crippen molar-refractivity contribution in [2.45, 2.75) is 37.7 Å². The molecule has 0 saturated heterocycles. The second kappa shape index (κ2) is 5.68. The van der Waals surface area contributed by atoms with Crippen LogP contribution in [0.3, 0.4) is 0 Å². The van der Waals surface area contributed by atoms with Crippen LogP contribution >= 0.6 is 11.6 Å². The third-order valence-electron chi connectivity index (χ3n) is 5.09. The number of carbonyl (C=O) groups excluding carboxylic acids is 2. The van der Waals surface area contributed by atoms with E-state index in [-0.39, 0.29) is 12.2 Å². The summed E-state index contributed by atoms with van der Waals surface area (Å²) in [6.07, 6.45) is 2.09. The summed E-state index contributed by atoms with van der Waals surface area (Å²) in [4.78, 5) is 25.1. The van der Waals surface area contributed by atoms with Gasteiger partial charge in [-0.25, -0.2) is 0 Å². The van der Waals surface area contributed by atoms with Crippen molar-refractivity contribution in [3.63, 3.8) is 0 Å². The first-order valence-corrected chi connectivity index (χ1v) is 8.74. The first-order chi connectivity index (χ1) is 11.9. The number of ketones is 1. The number of fused-ring (bicyclic) bond motifs is 1. The van der Waals surface area contributed by atoms with Crippen molar-refractivity contribution in [1.29, 1.82) is 0 Å². The minimum Gasteiger partial charge on any atom is -0.375 e. The molecule has 1 heterocycles. The summed E-state index contributed by atoms with van der Waals surface area (Å²) in [7, 11) is 0. The van der Waals surface area contributed by atoms with Crippen LogP contribution in [0.25, 0.3) is 0 Å². The number of aryl methyl sites for hydroxylation is 1. The molecule has 2 aromatic rings. The van der Waals surface area contributed by atoms with Crippen LogP contribution in [0.4, 0.5) is 5.69 Å². The minimum absolute atomic E-state index is 0.271. The summed E-state index contributed by atoms with van der Waals surface area (Å²) in [6.45, 7) is 1.79. The Morgan fingerprint density at radius 1 is 1.24 bits per heavy atom. The Morgan fingerprint density at radius 3 is 2.56 bits per heavy atom. The molecule has 128 valence electrons. The van der Waals surface area contributed by atoms with Gasteiger partial charge in [0, 0.05) is 11.1 Å². The maximum atomic E-state index is 12.7. The smallest absolute Gasteiger partial charge is 0.261 e. The number of benzene rings is 2. The molecule has 2 aliphatic rings. The lowest BCUT2D eigenvalue weighted by Gasteiger charge is -2.22. The number of amides is 1. The molecule has 2 N–H and O–H groups in total. The summed E-state index contributed by atoms with van der Waals surface area (Å²) in [5, 5.41) is 14.0. The number of rotatable bonds is 4. The summed E-state index contributed by atoms with van der Waals surface area (Å²) in [5.74, 6) is -0.264. The van der Waals surface area contributed by atoms with Gasteiger partial charge in [0.05, 0.1) is 17.1 Å². The summed E-state index contributed by atoms with van der Waals surface area (Å²) in [5.41, 5.74) is 1.35. The Balaban J connectivity index is 1.65. The van der Waals surface area contributed by atoms with Gasteiger partial charge in [0.25, 0.3) is 5.91 Å². The van der Waals surface area contributed by atoms with Crippen molar-refractivity contribution in [3.05, 3.63) is 63.7 Å². The highest BCUT2D eigenvalue weighted by Crippen LogP contribution is 2.45. The Labute approximate surface area is 150 Å². The van der Waals surface area contributed by atoms with Gasteiger partial charge >= 0.3 is 0 Å². The average Bonchev–Trinajstić information content (AvgIpc) is 3.39. The summed E-state index contributed by atoms with van der Waals surface area (Å²) < 4.78 is 0. The molecule has 4 nitrogen and oxygen atoms in total. The van der Waals surface area contributed by atoms with Crippen LogP contribution in [0, 0.1) is 6.92 Å². The zero-order valence-electron chi connectivity index (χ0n) is 13.8. The Morgan fingerprint density at radius 2 is 1.92 bits per heavy atom. The Hall–Kier alpha value is -2.17. The van der Waals surface area contributed by atoms with E-state index in [4.69, 9.17) is 11.6 Å². The van der Waals surface area contributed by atoms with Gasteiger partial charge in [-0.2, -0.15) is 0 Å². The lowest BCUT2D eigenvalue weighted by molar-refractivity contribution is -0.133. The first kappa shape index (κ1) is 16.3. The highest BCUT2D eigenvalue weighted by Gasteiger charge is 2.48. The van der Waals surface area contributed by atoms with Gasteiger partial charge in [0.15, 0.2) is 11.4 Å². The zero-order chi connectivity index (χ0) is 17.8. The van der Waals surface area contributed by atoms with E-state index in [1.807, 2.05) is 12.1 Å². The minimum atomic E-state index is -1.89. The second-order valence-corrected chi connectivity index (χ2v) is 7.33. The SMILES string of the molecule is Cc1ccc(Cl)c2c1[C@](O)(CC(=O)c1ccc(C3CC3)cc1)C(=O)N2. The molecule has 1 aliphatic carbocycles. The van der Waals surface area contributed by atoms with Crippen molar-refractivity contribution in [1.82, 2.24) is 0 Å². The van der Waals surface area contributed by atoms with E-state index in [9.17, 15) is 14.7 Å². The van der Waals surface area contributed by atoms with Crippen LogP contribution in [0.2, 0.25) is 5.02 Å². The summed E-state index contributed by atoms with van der Waals surface area (Å²) >= 11 is 6.13. The second-order valence-electron chi connectivity index (χ2n) is 6.92. The molecule has 1 aliphatic heterocycles. The number of aliphatic hydroxyl groups is 1. The lowest BCUT2D eigenvalue weighted by Crippen LogP contribution is -2.37. The van der Waals surface area contributed by atoms with Crippen molar-refractivity contribution < 1.29 is 14.7 Å². The molecule has 0 bridgehead atoms. The molecule has 1 amide bonds. The van der Waals surface area contributed by atoms with Crippen molar-refractivity contribution in [2.24, 2.45) is 0 Å². The van der Waals surface area contributed by atoms with E-state index in [1.165, 1.54) is 18.4 Å². The molecular formula is C20H18ClNO3. The van der Waals surface area contributed by atoms with Crippen molar-refractivity contribution in [3.8, 4) is 0 Å². The van der Waals surface area contributed by atoms with Crippen LogP contribution in [-0.4, -0.2) is 16.8 Å². The topological polar surface area (TPSA) is 66.4 Å². The molecule has 1 atom stereocenters. The van der Waals surface area contributed by atoms with E-state index in [2.05, 4.69) is 5.32 Å². The third kappa shape index (κ3) is 2.66. The van der Waals surface area contributed by atoms with E-state index in [0.29, 0.717) is 27.8 Å². The lowest BCUT2D eigenvalue weighted by atomic mass is 9.85. The maximum absolute atomic E-state index is 12.7. The fraction of sp³-hybridized carbons (Fsp3) is 0.300. The van der Waals surface area contributed by atoms with Crippen molar-refractivity contribution >= 4 is 29.0 Å². The van der Waals surface area contributed by atoms with Crippen LogP contribution in [-0.2, 0) is 10.4 Å². The molecule has 5 heteroatoms. The van der Waals surface area contributed by atoms with Crippen LogP contribution in [0.5, 0.6) is 0 Å². The molecule has 1 fully saturated rings. The molecule has 4 rings (SSSR count). The van der Waals surface area contributed by atoms with Gasteiger partial charge in [-0.1, -0.05) is 41.9 Å². The number of carbonyl (C=O) groups is 2. The first-order valence-electron chi connectivity index (χ1n) is 8.37. The predicted octanol–water partition coefficient (Wildman–Crippen LogP) is 3.94. The number of hydrogen-bond acceptors (Lipinski definition) is 3. The maximum Gasteiger partial charge on any atom is 0.261 e. The molecule has 1 saturated carbocycles. The largest absolute Gasteiger partial charge is 0.375 e. The molecule has 0 aromatic heterocycles. The highest BCUT2D eigenvalue weighted by atomic mass is 35.5. The number of Topliss-reactive ketones (excluding diaryl/α,β-unsaturated/α-hetero) is 1. The normalized spacial score (nSPS) is 21.8. The molecule has 25 heavy (non-hydrogen) atoms. The Bertz CT molecular complexity index is 887. The van der Waals surface area contributed by atoms with Crippen LogP contribution < -0.4 is 5.32 Å². The van der Waals surface area contributed by atoms with Gasteiger partial charge < -0.3 is 10.4 Å². The molecule has 2 aromatic carbocycles. The third-order valence-corrected chi connectivity index (χ3v) is 5.40. The van der Waals surface area contributed by atoms with Crippen molar-refractivity contribution in [2.75, 3.05) is 5.32 Å². The van der Waals surface area contributed by atoms with Gasteiger partial charge in [-0.05, 0) is 42.9 Å². The van der Waals surface area contributed by atoms with E-state index in [0.717, 1.165) is 5.56 Å². The van der Waals surface area contributed by atoms with Gasteiger partial charge in [-0.15, -0.1) is 0 Å². The van der Waals surface area contributed by atoms with Gasteiger partial charge in [0.2, 0.25) is 0 Å². The standard InChI is InChI=1S/C20H18ClNO3/c1-11-2-9-15(21)18-17(11)20(25,19(24)22-18)10-16(23)14-7-5-13(6-8-14)12-3-4-12/h2,5-9,12,25H,3-4,10H2,1H3,(H,22,24)/t20-/m1/s1. The summed E-state index contributed by atoms with van der Waals surface area (Å²) in [6, 6.07) is 10.9. The van der Waals surface area contributed by atoms with E-state index in [1.54, 1.807) is 31.2 Å². The molecular weight excluding hydrogens is 338 g/mol. The van der Waals surface area contributed by atoms with Crippen LogP contribution in [0.1, 0.15) is 52.2 Å². The molecule has 0 radical (unpaired) electrons. The highest BCUT2D eigenvalue weighted by molar-refractivity contribution is 6.35. The monoisotopic (exact) mass is 355 g/mol. The number of anilines is 1. The predicted molar refractivity (Wildman–Crippen MR) is 96.1 cm³/mol. The quantitative estimate of drug-likeness (QED) is 0.816. The molecule has 0 unspecified atom stereocenters. The number of halogens is 1.